The topological polar surface area (TPSA) is 43.9 Å². The van der Waals surface area contributed by atoms with E-state index in [1.165, 1.54) is 24.8 Å². The molecular weight excluding hydrogens is 148 g/mol. The molecule has 1 spiro atoms. The van der Waals surface area contributed by atoms with Crippen LogP contribution in [-0.2, 0) is 0 Å². The van der Waals surface area contributed by atoms with Crippen molar-refractivity contribution in [2.75, 3.05) is 0 Å². The minimum atomic E-state index is 0.280. The molecule has 2 aliphatic rings. The summed E-state index contributed by atoms with van der Waals surface area (Å²) in [5.41, 5.74) is 8.21. The van der Waals surface area contributed by atoms with Crippen molar-refractivity contribution in [2.45, 2.75) is 38.8 Å². The summed E-state index contributed by atoms with van der Waals surface area (Å²) in [6.07, 6.45) is 3.86. The maximum atomic E-state index is 4.04. The third-order valence-corrected chi connectivity index (χ3v) is 3.50. The first-order chi connectivity index (χ1) is 5.64. The van der Waals surface area contributed by atoms with Crippen LogP contribution in [-0.4, -0.2) is 5.66 Å². The van der Waals surface area contributed by atoms with Gasteiger partial charge < -0.3 is 0 Å². The summed E-state index contributed by atoms with van der Waals surface area (Å²) in [6.45, 7) is 8.51. The molecule has 1 aliphatic carbocycles. The van der Waals surface area contributed by atoms with Gasteiger partial charge >= 0.3 is 0 Å². The molecule has 0 radical (unpaired) electrons. The van der Waals surface area contributed by atoms with Crippen LogP contribution in [0.4, 0.5) is 0 Å². The Morgan fingerprint density at radius 1 is 1.42 bits per heavy atom. The third-order valence-electron chi connectivity index (χ3n) is 3.50. The highest BCUT2D eigenvalue weighted by atomic mass is 15.7. The predicted molar refractivity (Wildman–Crippen MR) is 50.3 cm³/mol. The van der Waals surface area contributed by atoms with Crippen LogP contribution >= 0.6 is 0 Å². The molecule has 2 nitrogen and oxygen atoms in total. The molecule has 1 saturated heterocycles. The Hall–Kier alpha value is -0.340. The molecule has 2 atom stereocenters. The molecule has 12 heavy (non-hydrogen) atoms. The van der Waals surface area contributed by atoms with E-state index in [1.807, 2.05) is 0 Å². The molecule has 0 aromatic carbocycles. The van der Waals surface area contributed by atoms with Crippen LogP contribution in [0.5, 0.6) is 0 Å². The molecule has 2 rings (SSSR count). The average Bonchev–Trinajstić information content (AvgIpc) is 2.76. The quantitative estimate of drug-likeness (QED) is 0.461. The van der Waals surface area contributed by atoms with Gasteiger partial charge in [-0.1, -0.05) is 19.1 Å². The Morgan fingerprint density at radius 3 is 2.58 bits per heavy atom. The van der Waals surface area contributed by atoms with Gasteiger partial charge in [-0.15, -0.1) is 0 Å². The van der Waals surface area contributed by atoms with Crippen molar-refractivity contribution in [3.63, 3.8) is 0 Å². The molecule has 68 valence electrons. The fourth-order valence-electron chi connectivity index (χ4n) is 2.24. The third kappa shape index (κ3) is 1.19. The van der Waals surface area contributed by atoms with Crippen LogP contribution in [0, 0.1) is 11.8 Å². The Kier molecular flexibility index (Phi) is 1.77. The number of hydrogen-bond acceptors (Lipinski definition) is 2. The van der Waals surface area contributed by atoms with Gasteiger partial charge in [-0.05, 0) is 38.0 Å². The second kappa shape index (κ2) is 2.57. The predicted octanol–water partition coefficient (Wildman–Crippen LogP) is 1.80. The van der Waals surface area contributed by atoms with E-state index in [4.69, 9.17) is 0 Å². The summed E-state index contributed by atoms with van der Waals surface area (Å²) in [5.74, 6) is 1.50. The number of allylic oxidation sites excluding steroid dienone is 1. The highest BCUT2D eigenvalue weighted by molar-refractivity contribution is 5.09. The smallest absolute Gasteiger partial charge is 0.0974 e. The van der Waals surface area contributed by atoms with E-state index in [9.17, 15) is 0 Å². The summed E-state index contributed by atoms with van der Waals surface area (Å²) in [6, 6.07) is 0. The van der Waals surface area contributed by atoms with Crippen LogP contribution in [0.3, 0.4) is 0 Å². The number of hydrazine groups is 1. The summed E-state index contributed by atoms with van der Waals surface area (Å²) < 4.78 is 0. The SMILES string of the molecule is C=C(C)C1CC[C@@H](C)C2(C1)NN2. The van der Waals surface area contributed by atoms with Crippen molar-refractivity contribution < 1.29 is 0 Å². The first-order valence-electron chi connectivity index (χ1n) is 4.84. The lowest BCUT2D eigenvalue weighted by atomic mass is 9.75. The van der Waals surface area contributed by atoms with Gasteiger partial charge in [0.25, 0.3) is 0 Å². The monoisotopic (exact) mass is 166 g/mol. The lowest BCUT2D eigenvalue weighted by Gasteiger charge is -2.32. The molecule has 0 aromatic rings. The van der Waals surface area contributed by atoms with Crippen molar-refractivity contribution in [2.24, 2.45) is 11.8 Å². The second-order valence-electron chi connectivity index (χ2n) is 4.45. The van der Waals surface area contributed by atoms with Gasteiger partial charge in [0.05, 0.1) is 5.66 Å². The molecule has 2 N–H and O–H groups in total. The van der Waals surface area contributed by atoms with Gasteiger partial charge in [-0.3, -0.25) is 0 Å². The van der Waals surface area contributed by atoms with E-state index in [1.54, 1.807) is 0 Å². The average molecular weight is 166 g/mol. The zero-order valence-electron chi connectivity index (χ0n) is 7.98. The van der Waals surface area contributed by atoms with E-state index in [0.29, 0.717) is 0 Å². The normalized spacial score (nSPS) is 38.2. The Bertz CT molecular complexity index is 206. The number of nitrogens with one attached hydrogen (secondary N) is 2. The van der Waals surface area contributed by atoms with E-state index in [0.717, 1.165) is 11.8 Å². The Morgan fingerprint density at radius 2 is 2.08 bits per heavy atom. The van der Waals surface area contributed by atoms with Crippen molar-refractivity contribution in [3.05, 3.63) is 12.2 Å². The van der Waals surface area contributed by atoms with Gasteiger partial charge in [0.15, 0.2) is 0 Å². The Labute approximate surface area is 74.4 Å². The van der Waals surface area contributed by atoms with Gasteiger partial charge in [0.1, 0.15) is 0 Å². The van der Waals surface area contributed by atoms with Gasteiger partial charge in [0.2, 0.25) is 0 Å². The summed E-state index contributed by atoms with van der Waals surface area (Å²) in [4.78, 5) is 0. The fourth-order valence-corrected chi connectivity index (χ4v) is 2.24. The standard InChI is InChI=1S/C10H18N2/c1-7(2)9-5-4-8(3)10(6-9)11-12-10/h8-9,11-12H,1,4-6H2,2-3H3/t8-,9?/m1/s1. The molecule has 0 amide bonds. The van der Waals surface area contributed by atoms with E-state index in [-0.39, 0.29) is 5.66 Å². The van der Waals surface area contributed by atoms with Crippen LogP contribution in [0.15, 0.2) is 12.2 Å². The molecule has 2 fully saturated rings. The summed E-state index contributed by atoms with van der Waals surface area (Å²) in [7, 11) is 0. The zero-order chi connectivity index (χ0) is 8.77. The molecule has 0 bridgehead atoms. The maximum Gasteiger partial charge on any atom is 0.0974 e. The van der Waals surface area contributed by atoms with Gasteiger partial charge in [-0.25, -0.2) is 10.9 Å². The number of rotatable bonds is 1. The van der Waals surface area contributed by atoms with Crippen LogP contribution in [0.25, 0.3) is 0 Å². The summed E-state index contributed by atoms with van der Waals surface area (Å²) in [5, 5.41) is 0. The number of hydrogen-bond donors (Lipinski definition) is 2. The molecule has 1 unspecified atom stereocenters. The molecule has 0 aromatic heterocycles. The lowest BCUT2D eigenvalue weighted by molar-refractivity contribution is 0.242. The fraction of sp³-hybridized carbons (Fsp3) is 0.800. The van der Waals surface area contributed by atoms with Gasteiger partial charge in [-0.2, -0.15) is 0 Å². The lowest BCUT2D eigenvalue weighted by Crippen LogP contribution is -2.35. The van der Waals surface area contributed by atoms with Crippen LogP contribution in [0.2, 0.25) is 0 Å². The van der Waals surface area contributed by atoms with Crippen molar-refractivity contribution in [1.29, 1.82) is 0 Å². The molecule has 1 aliphatic heterocycles. The maximum absolute atomic E-state index is 4.04. The first-order valence-corrected chi connectivity index (χ1v) is 4.84. The van der Waals surface area contributed by atoms with Crippen molar-refractivity contribution in [1.82, 2.24) is 10.9 Å². The Balaban J connectivity index is 2.03. The minimum Gasteiger partial charge on any atom is -0.235 e. The van der Waals surface area contributed by atoms with Crippen LogP contribution < -0.4 is 10.9 Å². The highest BCUT2D eigenvalue weighted by Gasteiger charge is 2.50. The molecule has 2 heteroatoms. The zero-order valence-corrected chi connectivity index (χ0v) is 7.98. The highest BCUT2D eigenvalue weighted by Crippen LogP contribution is 2.41. The minimum absolute atomic E-state index is 0.280. The van der Waals surface area contributed by atoms with Gasteiger partial charge in [0, 0.05) is 0 Å². The van der Waals surface area contributed by atoms with Crippen molar-refractivity contribution in [3.8, 4) is 0 Å². The molecule has 1 saturated carbocycles. The first kappa shape index (κ1) is 8.27. The second-order valence-corrected chi connectivity index (χ2v) is 4.45. The van der Waals surface area contributed by atoms with Crippen LogP contribution in [0.1, 0.15) is 33.1 Å². The molecular formula is C10H18N2. The largest absolute Gasteiger partial charge is 0.235 e. The summed E-state index contributed by atoms with van der Waals surface area (Å²) >= 11 is 0. The molecule has 1 heterocycles. The van der Waals surface area contributed by atoms with E-state index >= 15 is 0 Å². The van der Waals surface area contributed by atoms with E-state index in [2.05, 4.69) is 31.3 Å². The van der Waals surface area contributed by atoms with Crippen molar-refractivity contribution >= 4 is 0 Å². The van der Waals surface area contributed by atoms with E-state index < -0.39 is 0 Å².